The minimum Gasteiger partial charge on any atom is -0.504 e. The monoisotopic (exact) mass is 605 g/mol. The number of hydrogen-bond acceptors (Lipinski definition) is 13. The van der Waals surface area contributed by atoms with E-state index >= 15 is 0 Å². The molecule has 1 aliphatic carbocycles. The molecule has 0 bridgehead atoms. The molecular weight excluding hydrogens is 570 g/mol. The van der Waals surface area contributed by atoms with Gasteiger partial charge in [-0.2, -0.15) is 0 Å². The van der Waals surface area contributed by atoms with E-state index in [0.717, 1.165) is 26.3 Å². The second kappa shape index (κ2) is 11.5. The Morgan fingerprint density at radius 1 is 1.05 bits per heavy atom. The van der Waals surface area contributed by atoms with E-state index in [1.807, 2.05) is 25.8 Å². The number of rotatable bonds is 8. The summed E-state index contributed by atoms with van der Waals surface area (Å²) in [5.41, 5.74) is -1.07. The number of aryl methyl sites for hydroxylation is 1. The lowest BCUT2D eigenvalue weighted by atomic mass is 9.54. The first-order valence-electron chi connectivity index (χ1n) is 13.7. The number of carbonyl (C=O) groups is 5. The van der Waals surface area contributed by atoms with Gasteiger partial charge in [0.1, 0.15) is 5.76 Å². The van der Waals surface area contributed by atoms with Gasteiger partial charge in [-0.15, -0.1) is 0 Å². The van der Waals surface area contributed by atoms with Gasteiger partial charge in [-0.3, -0.25) is 9.59 Å². The zero-order valence-corrected chi connectivity index (χ0v) is 24.6. The molecule has 3 N–H and O–H groups in total. The molecule has 0 unspecified atom stereocenters. The Kier molecular flexibility index (Phi) is 8.49. The molecule has 1 spiro atoms. The van der Waals surface area contributed by atoms with Crippen molar-refractivity contribution in [2.24, 2.45) is 0 Å². The van der Waals surface area contributed by atoms with Crippen molar-refractivity contribution in [3.63, 3.8) is 0 Å². The summed E-state index contributed by atoms with van der Waals surface area (Å²) in [6, 6.07) is 2.87. The largest absolute Gasteiger partial charge is 0.504 e. The maximum Gasteiger partial charge on any atom is 0.352 e. The lowest BCUT2D eigenvalue weighted by molar-refractivity contribution is -0.192. The number of esters is 4. The molecule has 43 heavy (non-hydrogen) atoms. The second-order valence-corrected chi connectivity index (χ2v) is 11.1. The van der Waals surface area contributed by atoms with Crippen LogP contribution in [-0.4, -0.2) is 99.7 Å². The lowest BCUT2D eigenvalue weighted by Gasteiger charge is -2.58. The number of likely N-dealkylation sites (N-methyl/N-ethyl adjacent to an activating group) is 1. The highest BCUT2D eigenvalue weighted by molar-refractivity contribution is 5.89. The molecule has 0 amide bonds. The average Bonchev–Trinajstić information content (AvgIpc) is 3.29. The number of fused-ring (bicyclic) bond motifs is 1. The van der Waals surface area contributed by atoms with Crippen LogP contribution >= 0.6 is 0 Å². The van der Waals surface area contributed by atoms with Crippen LogP contribution in [0.5, 0.6) is 11.5 Å². The predicted molar refractivity (Wildman–Crippen MR) is 144 cm³/mol. The average molecular weight is 606 g/mol. The van der Waals surface area contributed by atoms with Gasteiger partial charge in [0, 0.05) is 31.9 Å². The number of benzene rings is 1. The number of aliphatic carboxylic acids is 1. The van der Waals surface area contributed by atoms with Gasteiger partial charge in [0.25, 0.3) is 0 Å². The van der Waals surface area contributed by atoms with Crippen LogP contribution in [0.3, 0.4) is 0 Å². The van der Waals surface area contributed by atoms with Crippen LogP contribution < -0.4 is 4.74 Å². The topological polar surface area (TPSA) is 195 Å². The number of aliphatic hydroxyl groups is 1. The Hall–Kier alpha value is -4.17. The number of ether oxygens (including phenoxy) is 5. The van der Waals surface area contributed by atoms with Crippen molar-refractivity contribution in [2.45, 2.75) is 88.9 Å². The van der Waals surface area contributed by atoms with E-state index in [1.165, 1.54) is 12.1 Å². The zero-order chi connectivity index (χ0) is 32.0. The Morgan fingerprint density at radius 3 is 2.28 bits per heavy atom. The molecule has 0 radical (unpaired) electrons. The van der Waals surface area contributed by atoms with E-state index in [1.54, 1.807) is 6.07 Å². The molecule has 4 rings (SSSR count). The summed E-state index contributed by atoms with van der Waals surface area (Å²) >= 11 is 0. The van der Waals surface area contributed by atoms with Crippen LogP contribution in [0.4, 0.5) is 0 Å². The van der Waals surface area contributed by atoms with Gasteiger partial charge in [-0.25, -0.2) is 14.4 Å². The van der Waals surface area contributed by atoms with Gasteiger partial charge in [0.15, 0.2) is 23.7 Å². The fraction of sp³-hybridized carbons (Fsp3) is 0.552. The summed E-state index contributed by atoms with van der Waals surface area (Å²) in [7, 11) is 1.89. The van der Waals surface area contributed by atoms with E-state index in [4.69, 9.17) is 18.9 Å². The molecule has 1 fully saturated rings. The van der Waals surface area contributed by atoms with Crippen molar-refractivity contribution in [1.29, 1.82) is 0 Å². The van der Waals surface area contributed by atoms with Crippen molar-refractivity contribution in [1.82, 2.24) is 4.90 Å². The number of likely N-dealkylation sites (tertiary alicyclic amines) is 1. The molecule has 1 aromatic carbocycles. The fourth-order valence-corrected chi connectivity index (χ4v) is 6.33. The number of phenolic OH excluding ortho intramolecular Hbond substituents is 1. The molecule has 1 aromatic rings. The first kappa shape index (κ1) is 31.8. The maximum absolute atomic E-state index is 13.2. The number of carboxylic acids is 1. The molecule has 0 saturated carbocycles. The highest BCUT2D eigenvalue weighted by Gasteiger charge is 2.69. The van der Waals surface area contributed by atoms with Gasteiger partial charge in [-0.1, -0.05) is 6.07 Å². The summed E-state index contributed by atoms with van der Waals surface area (Å²) < 4.78 is 26.4. The number of carboxylic acid groups (broad SMARTS) is 1. The molecule has 2 heterocycles. The number of carbonyl (C=O) groups excluding carboxylic acids is 4. The Bertz CT molecular complexity index is 1390. The number of hydrogen-bond donors (Lipinski definition) is 3. The molecule has 3 aliphatic rings. The molecular formula is C29H35NO13. The smallest absolute Gasteiger partial charge is 0.352 e. The van der Waals surface area contributed by atoms with Crippen molar-refractivity contribution < 1.29 is 63.0 Å². The van der Waals surface area contributed by atoms with Crippen LogP contribution in [0.1, 0.15) is 51.7 Å². The van der Waals surface area contributed by atoms with Crippen molar-refractivity contribution in [2.75, 3.05) is 13.6 Å². The number of phenols is 1. The van der Waals surface area contributed by atoms with Crippen molar-refractivity contribution in [3.8, 4) is 11.5 Å². The molecule has 2 aliphatic heterocycles. The summed E-state index contributed by atoms with van der Waals surface area (Å²) in [5, 5.41) is 32.4. The first-order valence-corrected chi connectivity index (χ1v) is 13.7. The second-order valence-electron chi connectivity index (χ2n) is 11.1. The number of aromatic hydroxyl groups is 1. The third kappa shape index (κ3) is 5.29. The normalized spacial score (nSPS) is 27.9. The Balaban J connectivity index is 1.61. The molecule has 234 valence electrons. The minimum absolute atomic E-state index is 0.0317. The summed E-state index contributed by atoms with van der Waals surface area (Å²) in [4.78, 5) is 62.7. The SMILES string of the molecule is CC(=O)O[C@@H](C(=O)O)[C@@H](OC(C)=O)C(=O)O[C@@H](C)C(=O)OC1=CC[C@@]2(O)[C@@H](C)N(C)CC[C@@]23c2c(C)ccc(O)c2O[C@@H]13. The van der Waals surface area contributed by atoms with E-state index in [2.05, 4.69) is 4.74 Å². The molecule has 14 nitrogen and oxygen atoms in total. The van der Waals surface area contributed by atoms with Gasteiger partial charge < -0.3 is 43.9 Å². The lowest BCUT2D eigenvalue weighted by Crippen LogP contribution is -2.71. The van der Waals surface area contributed by atoms with Gasteiger partial charge in [0.05, 0.1) is 11.0 Å². The quantitative estimate of drug-likeness (QED) is 0.279. The molecule has 1 saturated heterocycles. The van der Waals surface area contributed by atoms with Gasteiger partial charge in [-0.05, 0) is 58.5 Å². The predicted octanol–water partition coefficient (Wildman–Crippen LogP) is 0.865. The third-order valence-corrected chi connectivity index (χ3v) is 8.51. The van der Waals surface area contributed by atoms with Gasteiger partial charge >= 0.3 is 29.8 Å². The summed E-state index contributed by atoms with van der Waals surface area (Å²) in [5.74, 6) is -6.39. The van der Waals surface area contributed by atoms with Gasteiger partial charge in [0.2, 0.25) is 12.2 Å². The maximum atomic E-state index is 13.2. The minimum atomic E-state index is -2.23. The molecule has 7 atom stereocenters. The van der Waals surface area contributed by atoms with Crippen LogP contribution in [-0.2, 0) is 48.3 Å². The summed E-state index contributed by atoms with van der Waals surface area (Å²) in [6.45, 7) is 7.25. The van der Waals surface area contributed by atoms with E-state index in [-0.39, 0.29) is 29.7 Å². The molecule has 0 aromatic heterocycles. The fourth-order valence-electron chi connectivity index (χ4n) is 6.33. The van der Waals surface area contributed by atoms with Crippen LogP contribution in [0, 0.1) is 6.92 Å². The standard InChI is InChI=1S/C29H35NO13/c1-13-7-8-18(33)21-20(13)28-11-12-30(6)15(3)29(28,38)10-9-19(24(28)43-21)42-26(36)14(2)39-27(37)23(41-17(5)32)22(25(34)35)40-16(4)31/h7-9,14-15,22-24,33,38H,10-12H2,1-6H3,(H,34,35)/t14-,15+,22+,23+,24-,28-,29+/m0/s1. The molecule has 14 heteroatoms. The third-order valence-electron chi connectivity index (χ3n) is 8.51. The van der Waals surface area contributed by atoms with E-state index < -0.39 is 65.3 Å². The van der Waals surface area contributed by atoms with Crippen LogP contribution in [0.15, 0.2) is 24.0 Å². The van der Waals surface area contributed by atoms with E-state index in [0.29, 0.717) is 18.5 Å². The Labute approximate surface area is 247 Å². The van der Waals surface area contributed by atoms with Crippen molar-refractivity contribution in [3.05, 3.63) is 35.1 Å². The van der Waals surface area contributed by atoms with Crippen LogP contribution in [0.2, 0.25) is 0 Å². The summed E-state index contributed by atoms with van der Waals surface area (Å²) in [6.07, 6.45) is -5.12. The highest BCUT2D eigenvalue weighted by atomic mass is 16.6. The van der Waals surface area contributed by atoms with Crippen molar-refractivity contribution >= 4 is 29.8 Å². The first-order chi connectivity index (χ1) is 20.0. The Morgan fingerprint density at radius 2 is 1.67 bits per heavy atom. The van der Waals surface area contributed by atoms with Crippen LogP contribution in [0.25, 0.3) is 0 Å². The highest BCUT2D eigenvalue weighted by Crippen LogP contribution is 2.62. The zero-order valence-electron chi connectivity index (χ0n) is 24.6. The van der Waals surface area contributed by atoms with E-state index in [9.17, 15) is 39.3 Å². The number of piperidine rings is 1. The number of nitrogens with zero attached hydrogens (tertiary/aromatic N) is 1.